The van der Waals surface area contributed by atoms with Crippen LogP contribution in [-0.2, 0) is 19.1 Å². The maximum absolute atomic E-state index is 11.8. The zero-order valence-corrected chi connectivity index (χ0v) is 15.5. The molecule has 0 aliphatic heterocycles. The van der Waals surface area contributed by atoms with Crippen molar-refractivity contribution in [1.29, 1.82) is 0 Å². The highest BCUT2D eigenvalue weighted by Crippen LogP contribution is 2.22. The third-order valence-corrected chi connectivity index (χ3v) is 3.31. The van der Waals surface area contributed by atoms with E-state index in [1.807, 2.05) is 0 Å². The molecule has 0 aliphatic rings. The first-order valence-corrected chi connectivity index (χ1v) is 8.14. The zero-order chi connectivity index (χ0) is 19.0. The second-order valence-electron chi connectivity index (χ2n) is 6.30. The van der Waals surface area contributed by atoms with Crippen LogP contribution in [0, 0.1) is 6.92 Å². The number of alkyl carbamates (subject to hydrolysis) is 1. The summed E-state index contributed by atoms with van der Waals surface area (Å²) in [7, 11) is 0. The smallest absolute Gasteiger partial charge is 0.407 e. The molecule has 0 saturated heterocycles. The number of anilines is 1. The highest BCUT2D eigenvalue weighted by atomic mass is 35.5. The molecule has 2 N–H and O–H groups in total. The Balaban J connectivity index is 2.28. The molecule has 8 heteroatoms. The van der Waals surface area contributed by atoms with Crippen LogP contribution in [0.2, 0.25) is 5.02 Å². The SMILES string of the molecule is Cc1c(Cl)cccc1NC(=O)COC(=O)CCNC(=O)OC(C)(C)C. The van der Waals surface area contributed by atoms with E-state index in [1.165, 1.54) is 0 Å². The average molecular weight is 371 g/mol. The van der Waals surface area contributed by atoms with Crippen LogP contribution in [0.15, 0.2) is 18.2 Å². The molecule has 0 radical (unpaired) electrons. The molecule has 1 aromatic rings. The molecule has 0 bridgehead atoms. The molecule has 0 fully saturated rings. The van der Waals surface area contributed by atoms with E-state index in [0.717, 1.165) is 5.56 Å². The van der Waals surface area contributed by atoms with E-state index >= 15 is 0 Å². The average Bonchev–Trinajstić information content (AvgIpc) is 2.48. The van der Waals surface area contributed by atoms with Crippen LogP contribution < -0.4 is 10.6 Å². The second-order valence-corrected chi connectivity index (χ2v) is 6.71. The summed E-state index contributed by atoms with van der Waals surface area (Å²) in [6, 6.07) is 5.12. The van der Waals surface area contributed by atoms with E-state index in [9.17, 15) is 14.4 Å². The molecule has 7 nitrogen and oxygen atoms in total. The van der Waals surface area contributed by atoms with Crippen molar-refractivity contribution in [3.8, 4) is 0 Å². The third-order valence-electron chi connectivity index (χ3n) is 2.90. The Hall–Kier alpha value is -2.28. The molecule has 0 unspecified atom stereocenters. The van der Waals surface area contributed by atoms with Crippen molar-refractivity contribution in [2.75, 3.05) is 18.5 Å². The Morgan fingerprint density at radius 1 is 1.20 bits per heavy atom. The lowest BCUT2D eigenvalue weighted by Crippen LogP contribution is -2.34. The predicted octanol–water partition coefficient (Wildman–Crippen LogP) is 3.04. The standard InChI is InChI=1S/C17H23ClN2O5/c1-11-12(18)6-5-7-13(11)20-14(21)10-24-15(22)8-9-19-16(23)25-17(2,3)4/h5-7H,8-10H2,1-4H3,(H,19,23)(H,20,21). The molecule has 0 spiro atoms. The van der Waals surface area contributed by atoms with Crippen molar-refractivity contribution in [2.45, 2.75) is 39.7 Å². The molecule has 0 aliphatic carbocycles. The van der Waals surface area contributed by atoms with E-state index in [0.29, 0.717) is 10.7 Å². The molecule has 2 amide bonds. The second kappa shape index (κ2) is 9.27. The molecule has 1 aromatic carbocycles. The summed E-state index contributed by atoms with van der Waals surface area (Å²) >= 11 is 5.97. The van der Waals surface area contributed by atoms with Crippen molar-refractivity contribution >= 4 is 35.3 Å². The Labute approximate surface area is 152 Å². The summed E-state index contributed by atoms with van der Waals surface area (Å²) in [6.45, 7) is 6.62. The van der Waals surface area contributed by atoms with Gasteiger partial charge in [-0.25, -0.2) is 4.79 Å². The molecule has 1 rings (SSSR count). The number of hydrogen-bond donors (Lipinski definition) is 2. The molecule has 0 heterocycles. The molecular formula is C17H23ClN2O5. The van der Waals surface area contributed by atoms with Crippen molar-refractivity contribution in [3.63, 3.8) is 0 Å². The molecular weight excluding hydrogens is 348 g/mol. The fourth-order valence-electron chi connectivity index (χ4n) is 1.73. The van der Waals surface area contributed by atoms with E-state index in [4.69, 9.17) is 21.1 Å². The first-order valence-electron chi connectivity index (χ1n) is 7.76. The first kappa shape index (κ1) is 20.8. The van der Waals surface area contributed by atoms with E-state index in [-0.39, 0.29) is 13.0 Å². The summed E-state index contributed by atoms with van der Waals surface area (Å²) in [5, 5.41) is 5.58. The van der Waals surface area contributed by atoms with Gasteiger partial charge in [-0.15, -0.1) is 0 Å². The van der Waals surface area contributed by atoms with E-state index in [1.54, 1.807) is 45.9 Å². The van der Waals surface area contributed by atoms with Gasteiger partial charge in [-0.2, -0.15) is 0 Å². The van der Waals surface area contributed by atoms with Crippen LogP contribution in [0.25, 0.3) is 0 Å². The summed E-state index contributed by atoms with van der Waals surface area (Å²) < 4.78 is 9.88. The summed E-state index contributed by atoms with van der Waals surface area (Å²) in [5.41, 5.74) is 0.673. The number of nitrogens with one attached hydrogen (secondary N) is 2. The van der Waals surface area contributed by atoms with Gasteiger partial charge in [0.05, 0.1) is 6.42 Å². The number of ether oxygens (including phenoxy) is 2. The number of rotatable bonds is 6. The third kappa shape index (κ3) is 8.39. The number of hydrogen-bond acceptors (Lipinski definition) is 5. The highest BCUT2D eigenvalue weighted by molar-refractivity contribution is 6.31. The van der Waals surface area contributed by atoms with Gasteiger partial charge in [0.15, 0.2) is 6.61 Å². The summed E-state index contributed by atoms with van der Waals surface area (Å²) in [5.74, 6) is -1.08. The van der Waals surface area contributed by atoms with Gasteiger partial charge < -0.3 is 20.1 Å². The van der Waals surface area contributed by atoms with Crippen LogP contribution >= 0.6 is 11.6 Å². The number of benzene rings is 1. The monoisotopic (exact) mass is 370 g/mol. The lowest BCUT2D eigenvalue weighted by molar-refractivity contribution is -0.147. The Bertz CT molecular complexity index is 640. The van der Waals surface area contributed by atoms with Gasteiger partial charge in [0.2, 0.25) is 0 Å². The lowest BCUT2D eigenvalue weighted by atomic mass is 10.2. The topological polar surface area (TPSA) is 93.7 Å². The van der Waals surface area contributed by atoms with Gasteiger partial charge in [-0.05, 0) is 45.4 Å². The minimum atomic E-state index is -0.616. The number of carbonyl (C=O) groups is 3. The molecule has 0 aromatic heterocycles. The molecule has 0 atom stereocenters. The quantitative estimate of drug-likeness (QED) is 0.750. The Kier molecular flexibility index (Phi) is 7.70. The summed E-state index contributed by atoms with van der Waals surface area (Å²) in [4.78, 5) is 34.8. The molecule has 138 valence electrons. The molecule has 0 saturated carbocycles. The van der Waals surface area contributed by atoms with Crippen LogP contribution in [0.5, 0.6) is 0 Å². The van der Waals surface area contributed by atoms with Gasteiger partial charge in [-0.1, -0.05) is 17.7 Å². The van der Waals surface area contributed by atoms with Crippen molar-refractivity contribution in [2.24, 2.45) is 0 Å². The zero-order valence-electron chi connectivity index (χ0n) is 14.8. The number of halogens is 1. The van der Waals surface area contributed by atoms with E-state index in [2.05, 4.69) is 10.6 Å². The Morgan fingerprint density at radius 2 is 1.88 bits per heavy atom. The first-order chi connectivity index (χ1) is 11.6. The van der Waals surface area contributed by atoms with Gasteiger partial charge >= 0.3 is 12.1 Å². The molecule has 25 heavy (non-hydrogen) atoms. The van der Waals surface area contributed by atoms with E-state index < -0.39 is 30.2 Å². The minimum Gasteiger partial charge on any atom is -0.456 e. The minimum absolute atomic E-state index is 0.0583. The largest absolute Gasteiger partial charge is 0.456 e. The fourth-order valence-corrected chi connectivity index (χ4v) is 1.90. The van der Waals surface area contributed by atoms with Gasteiger partial charge in [-0.3, -0.25) is 9.59 Å². The lowest BCUT2D eigenvalue weighted by Gasteiger charge is -2.19. The van der Waals surface area contributed by atoms with Crippen molar-refractivity contribution < 1.29 is 23.9 Å². The van der Waals surface area contributed by atoms with Gasteiger partial charge in [0.25, 0.3) is 5.91 Å². The normalized spacial score (nSPS) is 10.8. The highest BCUT2D eigenvalue weighted by Gasteiger charge is 2.16. The van der Waals surface area contributed by atoms with Gasteiger partial charge in [0, 0.05) is 17.3 Å². The fraction of sp³-hybridized carbons (Fsp3) is 0.471. The maximum atomic E-state index is 11.8. The van der Waals surface area contributed by atoms with Gasteiger partial charge in [0.1, 0.15) is 5.60 Å². The van der Waals surface area contributed by atoms with Crippen LogP contribution in [0.4, 0.5) is 10.5 Å². The van der Waals surface area contributed by atoms with Crippen LogP contribution in [0.3, 0.4) is 0 Å². The van der Waals surface area contributed by atoms with Crippen molar-refractivity contribution in [3.05, 3.63) is 28.8 Å². The Morgan fingerprint density at radius 3 is 2.52 bits per heavy atom. The van der Waals surface area contributed by atoms with Crippen LogP contribution in [-0.4, -0.2) is 36.7 Å². The number of carbonyl (C=O) groups excluding carboxylic acids is 3. The predicted molar refractivity (Wildman–Crippen MR) is 94.6 cm³/mol. The van der Waals surface area contributed by atoms with Crippen molar-refractivity contribution in [1.82, 2.24) is 5.32 Å². The maximum Gasteiger partial charge on any atom is 0.407 e. The number of amides is 2. The summed E-state index contributed by atoms with van der Waals surface area (Å²) in [6.07, 6.45) is -0.683. The number of esters is 1. The van der Waals surface area contributed by atoms with Crippen LogP contribution in [0.1, 0.15) is 32.8 Å².